The van der Waals surface area contributed by atoms with E-state index in [-0.39, 0.29) is 22.7 Å². The molecule has 0 aliphatic carbocycles. The molecule has 0 aliphatic heterocycles. The predicted molar refractivity (Wildman–Crippen MR) is 89.6 cm³/mol. The first-order valence-electron chi connectivity index (χ1n) is 7.42. The monoisotopic (exact) mass is 362 g/mol. The van der Waals surface area contributed by atoms with Crippen LogP contribution in [0.3, 0.4) is 0 Å². The maximum absolute atomic E-state index is 13.6. The fraction of sp³-hybridized carbons (Fsp3) is 0.176. The summed E-state index contributed by atoms with van der Waals surface area (Å²) >= 11 is 0. The number of rotatable bonds is 6. The van der Waals surface area contributed by atoms with E-state index < -0.39 is 28.7 Å². The highest BCUT2D eigenvalue weighted by molar-refractivity contribution is 5.98. The summed E-state index contributed by atoms with van der Waals surface area (Å²) in [6.07, 6.45) is -1.27. The van der Waals surface area contributed by atoms with Crippen molar-refractivity contribution in [1.29, 1.82) is 0 Å². The van der Waals surface area contributed by atoms with Gasteiger partial charge in [0.1, 0.15) is 11.6 Å². The Labute approximate surface area is 147 Å². The SMILES string of the molecule is COc1ccc([N+](=O)[O-])cc1NC(=O)[C@@H](C)OC(=O)c1ccccc1F. The number of methoxy groups -OCH3 is 1. The normalized spacial score (nSPS) is 11.3. The lowest BCUT2D eigenvalue weighted by atomic mass is 10.2. The minimum Gasteiger partial charge on any atom is -0.495 e. The zero-order valence-electron chi connectivity index (χ0n) is 13.9. The summed E-state index contributed by atoms with van der Waals surface area (Å²) in [5.74, 6) is -2.34. The summed E-state index contributed by atoms with van der Waals surface area (Å²) in [5.41, 5.74) is -0.516. The Kier molecular flexibility index (Phi) is 5.84. The lowest BCUT2D eigenvalue weighted by Gasteiger charge is -2.15. The number of nitrogens with one attached hydrogen (secondary N) is 1. The molecule has 2 aromatic rings. The maximum Gasteiger partial charge on any atom is 0.341 e. The van der Waals surface area contributed by atoms with Crippen molar-refractivity contribution < 1.29 is 28.4 Å². The lowest BCUT2D eigenvalue weighted by molar-refractivity contribution is -0.384. The number of anilines is 1. The first-order chi connectivity index (χ1) is 12.3. The van der Waals surface area contributed by atoms with Gasteiger partial charge in [-0.05, 0) is 25.1 Å². The molecule has 9 heteroatoms. The number of nitro groups is 1. The Bertz CT molecular complexity index is 855. The van der Waals surface area contributed by atoms with Gasteiger partial charge in [-0.2, -0.15) is 0 Å². The third kappa shape index (κ3) is 4.32. The summed E-state index contributed by atoms with van der Waals surface area (Å²) in [7, 11) is 1.33. The van der Waals surface area contributed by atoms with E-state index in [0.717, 1.165) is 12.1 Å². The number of non-ortho nitro benzene ring substituents is 1. The van der Waals surface area contributed by atoms with Gasteiger partial charge < -0.3 is 14.8 Å². The summed E-state index contributed by atoms with van der Waals surface area (Å²) < 4.78 is 23.5. The highest BCUT2D eigenvalue weighted by Crippen LogP contribution is 2.29. The van der Waals surface area contributed by atoms with Crippen LogP contribution in [0.25, 0.3) is 0 Å². The van der Waals surface area contributed by atoms with E-state index in [1.807, 2.05) is 0 Å². The third-order valence-electron chi connectivity index (χ3n) is 3.40. The molecule has 0 radical (unpaired) electrons. The molecule has 0 fully saturated rings. The average Bonchev–Trinajstić information content (AvgIpc) is 2.61. The van der Waals surface area contributed by atoms with Gasteiger partial charge in [-0.3, -0.25) is 14.9 Å². The molecule has 8 nitrogen and oxygen atoms in total. The predicted octanol–water partition coefficient (Wildman–Crippen LogP) is 2.93. The van der Waals surface area contributed by atoms with Crippen molar-refractivity contribution in [3.63, 3.8) is 0 Å². The molecule has 0 heterocycles. The van der Waals surface area contributed by atoms with Gasteiger partial charge in [-0.1, -0.05) is 12.1 Å². The number of amides is 1. The number of nitrogens with zero attached hydrogens (tertiary/aromatic N) is 1. The van der Waals surface area contributed by atoms with E-state index in [1.165, 1.54) is 44.4 Å². The molecule has 0 aliphatic rings. The minimum absolute atomic E-state index is 0.0421. The van der Waals surface area contributed by atoms with Crippen molar-refractivity contribution in [3.05, 3.63) is 64.0 Å². The van der Waals surface area contributed by atoms with Crippen LogP contribution in [0.1, 0.15) is 17.3 Å². The van der Waals surface area contributed by atoms with Gasteiger partial charge in [0.05, 0.1) is 23.3 Å². The molecule has 26 heavy (non-hydrogen) atoms. The fourth-order valence-corrected chi connectivity index (χ4v) is 2.05. The molecule has 1 atom stereocenters. The second-order valence-electron chi connectivity index (χ2n) is 5.16. The van der Waals surface area contributed by atoms with Crippen LogP contribution in [0.4, 0.5) is 15.8 Å². The van der Waals surface area contributed by atoms with Crippen LogP contribution >= 0.6 is 0 Å². The average molecular weight is 362 g/mol. The van der Waals surface area contributed by atoms with E-state index in [0.29, 0.717) is 0 Å². The van der Waals surface area contributed by atoms with Crippen LogP contribution in [-0.2, 0) is 9.53 Å². The van der Waals surface area contributed by atoms with Gasteiger partial charge in [0, 0.05) is 12.1 Å². The van der Waals surface area contributed by atoms with E-state index >= 15 is 0 Å². The highest BCUT2D eigenvalue weighted by Gasteiger charge is 2.22. The largest absolute Gasteiger partial charge is 0.495 e. The summed E-state index contributed by atoms with van der Waals surface area (Å²) in [4.78, 5) is 34.4. The number of carbonyl (C=O) groups is 2. The lowest BCUT2D eigenvalue weighted by Crippen LogP contribution is -2.30. The molecular formula is C17H15FN2O6. The number of carbonyl (C=O) groups excluding carboxylic acids is 2. The minimum atomic E-state index is -1.27. The second kappa shape index (κ2) is 8.06. The molecule has 136 valence electrons. The quantitative estimate of drug-likeness (QED) is 0.481. The molecule has 2 aromatic carbocycles. The van der Waals surface area contributed by atoms with Gasteiger partial charge in [-0.15, -0.1) is 0 Å². The van der Waals surface area contributed by atoms with E-state index in [2.05, 4.69) is 5.32 Å². The molecule has 0 bridgehead atoms. The first-order valence-corrected chi connectivity index (χ1v) is 7.42. The number of benzene rings is 2. The Morgan fingerprint density at radius 1 is 1.23 bits per heavy atom. The zero-order valence-corrected chi connectivity index (χ0v) is 13.9. The van der Waals surface area contributed by atoms with Gasteiger partial charge >= 0.3 is 5.97 Å². The van der Waals surface area contributed by atoms with Gasteiger partial charge in [0.2, 0.25) is 0 Å². The molecule has 0 aromatic heterocycles. The van der Waals surface area contributed by atoms with Crippen molar-refractivity contribution in [2.45, 2.75) is 13.0 Å². The van der Waals surface area contributed by atoms with Crippen molar-refractivity contribution in [1.82, 2.24) is 0 Å². The van der Waals surface area contributed by atoms with Crippen LogP contribution in [0.5, 0.6) is 5.75 Å². The molecule has 2 rings (SSSR count). The Hall–Kier alpha value is -3.49. The molecule has 1 N–H and O–H groups in total. The number of ether oxygens (including phenoxy) is 2. The van der Waals surface area contributed by atoms with Crippen molar-refractivity contribution >= 4 is 23.3 Å². The van der Waals surface area contributed by atoms with Crippen molar-refractivity contribution in [3.8, 4) is 5.75 Å². The zero-order chi connectivity index (χ0) is 19.3. The summed E-state index contributed by atoms with van der Waals surface area (Å²) in [5, 5.41) is 13.2. The van der Waals surface area contributed by atoms with E-state index in [1.54, 1.807) is 0 Å². The van der Waals surface area contributed by atoms with Crippen LogP contribution in [-0.4, -0.2) is 30.0 Å². The number of esters is 1. The molecule has 0 saturated carbocycles. The van der Waals surface area contributed by atoms with E-state index in [9.17, 15) is 24.1 Å². The molecular weight excluding hydrogens is 347 g/mol. The fourth-order valence-electron chi connectivity index (χ4n) is 2.05. The maximum atomic E-state index is 13.6. The topological polar surface area (TPSA) is 108 Å². The van der Waals surface area contributed by atoms with E-state index in [4.69, 9.17) is 9.47 Å². The summed E-state index contributed by atoms with van der Waals surface area (Å²) in [6, 6.07) is 8.85. The van der Waals surface area contributed by atoms with Gasteiger partial charge in [0.25, 0.3) is 11.6 Å². The molecule has 0 unspecified atom stereocenters. The van der Waals surface area contributed by atoms with Crippen LogP contribution in [0.15, 0.2) is 42.5 Å². The number of hydrogen-bond donors (Lipinski definition) is 1. The van der Waals surface area contributed by atoms with Crippen molar-refractivity contribution in [2.75, 3.05) is 12.4 Å². The number of nitro benzene ring substituents is 1. The van der Waals surface area contributed by atoms with Crippen LogP contribution in [0.2, 0.25) is 0 Å². The standard InChI is InChI=1S/C17H15FN2O6/c1-10(26-17(22)12-5-3-4-6-13(12)18)16(21)19-14-9-11(20(23)24)7-8-15(14)25-2/h3-10H,1-2H3,(H,19,21)/t10-/m1/s1. The first kappa shape index (κ1) is 18.8. The number of halogens is 1. The number of hydrogen-bond acceptors (Lipinski definition) is 6. The smallest absolute Gasteiger partial charge is 0.341 e. The second-order valence-corrected chi connectivity index (χ2v) is 5.16. The summed E-state index contributed by atoms with van der Waals surface area (Å²) in [6.45, 7) is 1.29. The third-order valence-corrected chi connectivity index (χ3v) is 3.40. The molecule has 0 saturated heterocycles. The Balaban J connectivity index is 2.12. The Morgan fingerprint density at radius 3 is 2.54 bits per heavy atom. The van der Waals surface area contributed by atoms with Gasteiger partial charge in [0.15, 0.2) is 6.10 Å². The molecule has 1 amide bonds. The Morgan fingerprint density at radius 2 is 1.92 bits per heavy atom. The van der Waals surface area contributed by atoms with Crippen molar-refractivity contribution in [2.24, 2.45) is 0 Å². The molecule has 0 spiro atoms. The highest BCUT2D eigenvalue weighted by atomic mass is 19.1. The van der Waals surface area contributed by atoms with Crippen LogP contribution in [0, 0.1) is 15.9 Å². The van der Waals surface area contributed by atoms with Crippen LogP contribution < -0.4 is 10.1 Å². The van der Waals surface area contributed by atoms with Gasteiger partial charge in [-0.25, -0.2) is 9.18 Å².